The normalized spacial score (nSPS) is 19.0. The van der Waals surface area contributed by atoms with Crippen LogP contribution in [0.1, 0.15) is 55.1 Å². The predicted molar refractivity (Wildman–Crippen MR) is 102 cm³/mol. The van der Waals surface area contributed by atoms with E-state index in [0.29, 0.717) is 23.3 Å². The van der Waals surface area contributed by atoms with Crippen molar-refractivity contribution in [3.8, 4) is 5.75 Å². The number of benzene rings is 1. The second kappa shape index (κ2) is 7.73. The van der Waals surface area contributed by atoms with E-state index in [-0.39, 0.29) is 31.3 Å². The summed E-state index contributed by atoms with van der Waals surface area (Å²) in [6.45, 7) is 5.77. The number of hydrogen-bond acceptors (Lipinski definition) is 6. The maximum Gasteiger partial charge on any atom is 0.407 e. The molecule has 0 aromatic heterocycles. The maximum absolute atomic E-state index is 12.9. The molecule has 0 spiro atoms. The van der Waals surface area contributed by atoms with Crippen molar-refractivity contribution in [3.63, 3.8) is 0 Å². The summed E-state index contributed by atoms with van der Waals surface area (Å²) in [5.74, 6) is -0.724. The molecule has 1 aromatic rings. The zero-order chi connectivity index (χ0) is 21.3. The van der Waals surface area contributed by atoms with Crippen LogP contribution in [-0.4, -0.2) is 47.5 Å². The van der Waals surface area contributed by atoms with Gasteiger partial charge in [0.25, 0.3) is 5.91 Å². The summed E-state index contributed by atoms with van der Waals surface area (Å²) >= 11 is 0. The first-order valence-corrected chi connectivity index (χ1v) is 9.40. The molecule has 2 aliphatic heterocycles. The van der Waals surface area contributed by atoms with E-state index in [0.717, 1.165) is 5.56 Å². The van der Waals surface area contributed by atoms with Crippen LogP contribution < -0.4 is 15.4 Å². The zero-order valence-corrected chi connectivity index (χ0v) is 17.0. The molecule has 29 heavy (non-hydrogen) atoms. The van der Waals surface area contributed by atoms with Gasteiger partial charge in [-0.25, -0.2) is 4.79 Å². The topological polar surface area (TPSA) is 114 Å². The molecule has 3 rings (SSSR count). The lowest BCUT2D eigenvalue weighted by atomic mass is 10.0. The molecule has 2 heterocycles. The van der Waals surface area contributed by atoms with Gasteiger partial charge in [0.15, 0.2) is 0 Å². The maximum atomic E-state index is 12.9. The third-order valence-corrected chi connectivity index (χ3v) is 4.70. The number of fused-ring (bicyclic) bond motifs is 1. The summed E-state index contributed by atoms with van der Waals surface area (Å²) in [6.07, 6.45) is -0.0587. The summed E-state index contributed by atoms with van der Waals surface area (Å²) < 4.78 is 10.6. The van der Waals surface area contributed by atoms with Gasteiger partial charge in [0.2, 0.25) is 11.8 Å². The predicted octanol–water partition coefficient (Wildman–Crippen LogP) is 1.48. The third kappa shape index (κ3) is 4.49. The van der Waals surface area contributed by atoms with E-state index in [9.17, 15) is 19.2 Å². The Balaban J connectivity index is 1.77. The molecular formula is C20H25N3O6. The van der Waals surface area contributed by atoms with Crippen LogP contribution in [-0.2, 0) is 27.4 Å². The van der Waals surface area contributed by atoms with Gasteiger partial charge in [-0.3, -0.25) is 19.7 Å². The Morgan fingerprint density at radius 3 is 2.62 bits per heavy atom. The molecule has 0 bridgehead atoms. The highest BCUT2D eigenvalue weighted by molar-refractivity contribution is 6.06. The highest BCUT2D eigenvalue weighted by Gasteiger charge is 2.40. The molecule has 0 saturated carbocycles. The Bertz CT molecular complexity index is 874. The second-order valence-corrected chi connectivity index (χ2v) is 8.09. The van der Waals surface area contributed by atoms with Gasteiger partial charge in [0, 0.05) is 19.5 Å². The average Bonchev–Trinajstić information content (AvgIpc) is 2.94. The number of carbonyl (C=O) groups excluding carboxylic acids is 4. The van der Waals surface area contributed by atoms with Gasteiger partial charge in [-0.2, -0.15) is 0 Å². The SMILES string of the molecule is COc1cc(CNC(=O)OC(C)(C)C)cc2c1C(=O)N(C1CCC(=O)NC1=O)C2. The smallest absolute Gasteiger partial charge is 0.407 e. The minimum atomic E-state index is -0.694. The average molecular weight is 403 g/mol. The van der Waals surface area contributed by atoms with Crippen molar-refractivity contribution in [2.45, 2.75) is 58.3 Å². The quantitative estimate of drug-likeness (QED) is 0.736. The summed E-state index contributed by atoms with van der Waals surface area (Å²) in [4.78, 5) is 49.9. The van der Waals surface area contributed by atoms with E-state index >= 15 is 0 Å². The number of hydrogen-bond donors (Lipinski definition) is 2. The van der Waals surface area contributed by atoms with E-state index < -0.39 is 23.6 Å². The minimum absolute atomic E-state index is 0.193. The molecule has 1 saturated heterocycles. The van der Waals surface area contributed by atoms with Crippen molar-refractivity contribution in [1.29, 1.82) is 0 Å². The van der Waals surface area contributed by atoms with Crippen LogP contribution in [0.2, 0.25) is 0 Å². The first kappa shape index (κ1) is 20.6. The number of rotatable bonds is 4. The molecule has 1 atom stereocenters. The Kier molecular flexibility index (Phi) is 5.50. The van der Waals surface area contributed by atoms with Gasteiger partial charge in [-0.05, 0) is 44.4 Å². The molecule has 156 valence electrons. The molecule has 1 unspecified atom stereocenters. The van der Waals surface area contributed by atoms with Crippen LogP contribution in [0.5, 0.6) is 5.75 Å². The number of alkyl carbamates (subject to hydrolysis) is 1. The number of nitrogens with one attached hydrogen (secondary N) is 2. The monoisotopic (exact) mass is 403 g/mol. The molecular weight excluding hydrogens is 378 g/mol. The van der Waals surface area contributed by atoms with Crippen LogP contribution in [0.25, 0.3) is 0 Å². The minimum Gasteiger partial charge on any atom is -0.496 e. The van der Waals surface area contributed by atoms with Gasteiger partial charge in [0.1, 0.15) is 17.4 Å². The Morgan fingerprint density at radius 1 is 1.28 bits per heavy atom. The molecule has 2 aliphatic rings. The molecule has 4 amide bonds. The number of piperidine rings is 1. The summed E-state index contributed by atoms with van der Waals surface area (Å²) in [5, 5.41) is 4.96. The van der Waals surface area contributed by atoms with Crippen LogP contribution in [0.3, 0.4) is 0 Å². The number of nitrogens with zero attached hydrogens (tertiary/aromatic N) is 1. The van der Waals surface area contributed by atoms with E-state index in [1.807, 2.05) is 0 Å². The first-order chi connectivity index (χ1) is 13.6. The number of methoxy groups -OCH3 is 1. The third-order valence-electron chi connectivity index (χ3n) is 4.70. The number of carbonyl (C=O) groups is 4. The van der Waals surface area contributed by atoms with Crippen LogP contribution in [0.4, 0.5) is 4.79 Å². The van der Waals surface area contributed by atoms with Crippen molar-refractivity contribution in [2.75, 3.05) is 7.11 Å². The van der Waals surface area contributed by atoms with Gasteiger partial charge < -0.3 is 19.7 Å². The number of imide groups is 1. The summed E-state index contributed by atoms with van der Waals surface area (Å²) in [6, 6.07) is 2.79. The molecule has 0 aliphatic carbocycles. The molecule has 0 radical (unpaired) electrons. The van der Waals surface area contributed by atoms with Crippen molar-refractivity contribution >= 4 is 23.8 Å². The van der Waals surface area contributed by atoms with Crippen molar-refractivity contribution in [2.24, 2.45) is 0 Å². The van der Waals surface area contributed by atoms with Gasteiger partial charge in [-0.15, -0.1) is 0 Å². The molecule has 9 nitrogen and oxygen atoms in total. The highest BCUT2D eigenvalue weighted by atomic mass is 16.6. The standard InChI is InChI=1S/C20H25N3O6/c1-20(2,3)29-19(27)21-9-11-7-12-10-23(13-5-6-15(24)22-17(13)25)18(26)16(12)14(8-11)28-4/h7-8,13H,5-6,9-10H2,1-4H3,(H,21,27)(H,22,24,25). The van der Waals surface area contributed by atoms with Crippen molar-refractivity contribution in [3.05, 3.63) is 28.8 Å². The number of amides is 4. The van der Waals surface area contributed by atoms with E-state index in [1.54, 1.807) is 32.9 Å². The lowest BCUT2D eigenvalue weighted by molar-refractivity contribution is -0.136. The Hall–Kier alpha value is -3.10. The summed E-state index contributed by atoms with van der Waals surface area (Å²) in [5.41, 5.74) is 1.25. The van der Waals surface area contributed by atoms with Crippen molar-refractivity contribution in [1.82, 2.24) is 15.5 Å². The van der Waals surface area contributed by atoms with Crippen LogP contribution in [0, 0.1) is 0 Å². The number of ether oxygens (including phenoxy) is 2. The fourth-order valence-electron chi connectivity index (χ4n) is 3.49. The Labute approximate surface area is 168 Å². The molecule has 1 fully saturated rings. The lowest BCUT2D eigenvalue weighted by Crippen LogP contribution is -2.52. The second-order valence-electron chi connectivity index (χ2n) is 8.09. The highest BCUT2D eigenvalue weighted by Crippen LogP contribution is 2.34. The molecule has 9 heteroatoms. The fourth-order valence-corrected chi connectivity index (χ4v) is 3.49. The van der Waals surface area contributed by atoms with E-state index in [2.05, 4.69) is 10.6 Å². The zero-order valence-electron chi connectivity index (χ0n) is 17.0. The fraction of sp³-hybridized carbons (Fsp3) is 0.500. The van der Waals surface area contributed by atoms with Crippen LogP contribution >= 0.6 is 0 Å². The van der Waals surface area contributed by atoms with Gasteiger partial charge >= 0.3 is 6.09 Å². The van der Waals surface area contributed by atoms with E-state index in [4.69, 9.17) is 9.47 Å². The molecule has 1 aromatic carbocycles. The van der Waals surface area contributed by atoms with Gasteiger partial charge in [0.05, 0.1) is 12.7 Å². The largest absolute Gasteiger partial charge is 0.496 e. The van der Waals surface area contributed by atoms with Crippen LogP contribution in [0.15, 0.2) is 12.1 Å². The van der Waals surface area contributed by atoms with Crippen molar-refractivity contribution < 1.29 is 28.7 Å². The molecule has 2 N–H and O–H groups in total. The lowest BCUT2D eigenvalue weighted by Gasteiger charge is -2.29. The van der Waals surface area contributed by atoms with E-state index in [1.165, 1.54) is 12.0 Å². The Morgan fingerprint density at radius 2 is 2.00 bits per heavy atom. The van der Waals surface area contributed by atoms with Gasteiger partial charge in [-0.1, -0.05) is 6.07 Å². The summed E-state index contributed by atoms with van der Waals surface area (Å²) in [7, 11) is 1.46. The first-order valence-electron chi connectivity index (χ1n) is 9.40.